The number of rotatable bonds is 2. The molecular formula is C11H13NO4. The standard InChI is InChI=1S/C11H13NO4/c1-12-4-7-5-13-10-2-8-9(15-6-14-8)3-11(10)16-7/h2-3,7,12H,4-6H2,1H3. The monoisotopic (exact) mass is 223 g/mol. The van der Waals surface area contributed by atoms with Crippen molar-refractivity contribution in [2.45, 2.75) is 6.10 Å². The highest BCUT2D eigenvalue weighted by Crippen LogP contribution is 2.43. The quantitative estimate of drug-likeness (QED) is 0.802. The van der Waals surface area contributed by atoms with Crippen LogP contribution in [0.15, 0.2) is 12.1 Å². The summed E-state index contributed by atoms with van der Waals surface area (Å²) in [6, 6.07) is 3.63. The van der Waals surface area contributed by atoms with Crippen molar-refractivity contribution in [2.75, 3.05) is 27.0 Å². The molecule has 0 aliphatic carbocycles. The Hall–Kier alpha value is -1.62. The summed E-state index contributed by atoms with van der Waals surface area (Å²) in [5, 5.41) is 3.06. The van der Waals surface area contributed by atoms with E-state index in [1.165, 1.54) is 0 Å². The van der Waals surface area contributed by atoms with Gasteiger partial charge in [-0.1, -0.05) is 0 Å². The molecule has 16 heavy (non-hydrogen) atoms. The molecule has 0 amide bonds. The van der Waals surface area contributed by atoms with Crippen molar-refractivity contribution < 1.29 is 18.9 Å². The summed E-state index contributed by atoms with van der Waals surface area (Å²) >= 11 is 0. The fraction of sp³-hybridized carbons (Fsp3) is 0.455. The molecule has 0 aromatic heterocycles. The van der Waals surface area contributed by atoms with Crippen LogP contribution in [0.2, 0.25) is 0 Å². The molecule has 0 fully saturated rings. The molecule has 2 aliphatic rings. The third kappa shape index (κ3) is 1.53. The number of ether oxygens (including phenoxy) is 4. The van der Waals surface area contributed by atoms with Crippen LogP contribution in [0.1, 0.15) is 0 Å². The van der Waals surface area contributed by atoms with Gasteiger partial charge < -0.3 is 24.3 Å². The molecule has 0 spiro atoms. The van der Waals surface area contributed by atoms with E-state index >= 15 is 0 Å². The minimum atomic E-state index is 0.0397. The van der Waals surface area contributed by atoms with Gasteiger partial charge in [0, 0.05) is 18.7 Å². The van der Waals surface area contributed by atoms with Gasteiger partial charge in [-0.3, -0.25) is 0 Å². The number of nitrogens with one attached hydrogen (secondary N) is 1. The van der Waals surface area contributed by atoms with Crippen LogP contribution in [0.4, 0.5) is 0 Å². The Morgan fingerprint density at radius 3 is 2.56 bits per heavy atom. The Morgan fingerprint density at radius 1 is 1.12 bits per heavy atom. The second kappa shape index (κ2) is 3.75. The summed E-state index contributed by atoms with van der Waals surface area (Å²) in [5.41, 5.74) is 0. The molecule has 1 aromatic rings. The van der Waals surface area contributed by atoms with Gasteiger partial charge >= 0.3 is 0 Å². The third-order valence-corrected chi connectivity index (χ3v) is 2.59. The Morgan fingerprint density at radius 2 is 1.81 bits per heavy atom. The summed E-state index contributed by atoms with van der Waals surface area (Å²) in [5.74, 6) is 2.87. The smallest absolute Gasteiger partial charge is 0.231 e. The van der Waals surface area contributed by atoms with Crippen LogP contribution in [-0.2, 0) is 0 Å². The van der Waals surface area contributed by atoms with Crippen molar-refractivity contribution in [1.29, 1.82) is 0 Å². The molecule has 0 saturated heterocycles. The van der Waals surface area contributed by atoms with Crippen LogP contribution in [0, 0.1) is 0 Å². The van der Waals surface area contributed by atoms with Crippen molar-refractivity contribution >= 4 is 0 Å². The molecule has 86 valence electrons. The SMILES string of the molecule is CNCC1COc2cc3c(cc2O1)OCO3. The molecule has 2 heterocycles. The van der Waals surface area contributed by atoms with Gasteiger partial charge in [0.2, 0.25) is 6.79 Å². The van der Waals surface area contributed by atoms with Crippen LogP contribution < -0.4 is 24.3 Å². The van der Waals surface area contributed by atoms with Crippen molar-refractivity contribution in [3.05, 3.63) is 12.1 Å². The van der Waals surface area contributed by atoms with E-state index < -0.39 is 0 Å². The van der Waals surface area contributed by atoms with Crippen LogP contribution >= 0.6 is 0 Å². The minimum Gasteiger partial charge on any atom is -0.486 e. The van der Waals surface area contributed by atoms with E-state index in [2.05, 4.69) is 5.32 Å². The lowest BCUT2D eigenvalue weighted by molar-refractivity contribution is 0.0916. The summed E-state index contributed by atoms with van der Waals surface area (Å²) < 4.78 is 21.9. The Bertz CT molecular complexity index is 407. The van der Waals surface area contributed by atoms with Gasteiger partial charge in [-0.25, -0.2) is 0 Å². The zero-order valence-corrected chi connectivity index (χ0v) is 8.99. The zero-order chi connectivity index (χ0) is 11.0. The van der Waals surface area contributed by atoms with Crippen molar-refractivity contribution in [3.63, 3.8) is 0 Å². The molecule has 0 bridgehead atoms. The highest BCUT2D eigenvalue weighted by atomic mass is 16.7. The Labute approximate surface area is 93.2 Å². The molecule has 2 aliphatic heterocycles. The molecular weight excluding hydrogens is 210 g/mol. The average Bonchev–Trinajstić information content (AvgIpc) is 2.73. The van der Waals surface area contributed by atoms with Crippen LogP contribution in [0.3, 0.4) is 0 Å². The van der Waals surface area contributed by atoms with E-state index in [9.17, 15) is 0 Å². The van der Waals surface area contributed by atoms with E-state index in [0.29, 0.717) is 12.4 Å². The van der Waals surface area contributed by atoms with Gasteiger partial charge in [0.25, 0.3) is 0 Å². The first-order chi connectivity index (χ1) is 7.86. The van der Waals surface area contributed by atoms with E-state index in [1.54, 1.807) is 0 Å². The number of hydrogen-bond donors (Lipinski definition) is 1. The fourth-order valence-electron chi connectivity index (χ4n) is 1.83. The predicted molar refractivity (Wildman–Crippen MR) is 56.4 cm³/mol. The van der Waals surface area contributed by atoms with Crippen molar-refractivity contribution in [1.82, 2.24) is 5.32 Å². The first-order valence-corrected chi connectivity index (χ1v) is 5.24. The molecule has 1 unspecified atom stereocenters. The van der Waals surface area contributed by atoms with Crippen molar-refractivity contribution in [3.8, 4) is 23.0 Å². The van der Waals surface area contributed by atoms with E-state index in [0.717, 1.165) is 23.8 Å². The molecule has 1 aromatic carbocycles. The second-order valence-electron chi connectivity index (χ2n) is 3.76. The topological polar surface area (TPSA) is 49.0 Å². The third-order valence-electron chi connectivity index (χ3n) is 2.59. The summed E-state index contributed by atoms with van der Waals surface area (Å²) in [4.78, 5) is 0. The number of fused-ring (bicyclic) bond motifs is 2. The zero-order valence-electron chi connectivity index (χ0n) is 8.99. The lowest BCUT2D eigenvalue weighted by Crippen LogP contribution is -2.37. The molecule has 5 heteroatoms. The van der Waals surface area contributed by atoms with E-state index in [1.807, 2.05) is 19.2 Å². The average molecular weight is 223 g/mol. The lowest BCUT2D eigenvalue weighted by Gasteiger charge is -2.26. The number of benzene rings is 1. The van der Waals surface area contributed by atoms with Gasteiger partial charge in [0.15, 0.2) is 23.0 Å². The maximum Gasteiger partial charge on any atom is 0.231 e. The van der Waals surface area contributed by atoms with Gasteiger partial charge in [0.05, 0.1) is 0 Å². The van der Waals surface area contributed by atoms with E-state index in [4.69, 9.17) is 18.9 Å². The Kier molecular flexibility index (Phi) is 2.25. The van der Waals surface area contributed by atoms with Crippen molar-refractivity contribution in [2.24, 2.45) is 0 Å². The highest BCUT2D eigenvalue weighted by molar-refractivity contribution is 5.55. The molecule has 0 radical (unpaired) electrons. The molecule has 3 rings (SSSR count). The molecule has 1 N–H and O–H groups in total. The maximum atomic E-state index is 5.77. The first kappa shape index (κ1) is 9.59. The summed E-state index contributed by atoms with van der Waals surface area (Å²) in [7, 11) is 1.89. The van der Waals surface area contributed by atoms with Crippen LogP contribution in [-0.4, -0.2) is 33.1 Å². The molecule has 1 atom stereocenters. The van der Waals surface area contributed by atoms with Crippen LogP contribution in [0.5, 0.6) is 23.0 Å². The van der Waals surface area contributed by atoms with Crippen LogP contribution in [0.25, 0.3) is 0 Å². The van der Waals surface area contributed by atoms with Gasteiger partial charge in [-0.15, -0.1) is 0 Å². The van der Waals surface area contributed by atoms with Gasteiger partial charge in [-0.2, -0.15) is 0 Å². The van der Waals surface area contributed by atoms with Gasteiger partial charge in [0.1, 0.15) is 12.7 Å². The number of likely N-dealkylation sites (N-methyl/N-ethyl adjacent to an activating group) is 1. The summed E-state index contributed by atoms with van der Waals surface area (Å²) in [6.45, 7) is 1.57. The Balaban J connectivity index is 1.87. The normalized spacial score (nSPS) is 20.9. The maximum absolute atomic E-state index is 5.77. The first-order valence-electron chi connectivity index (χ1n) is 5.24. The lowest BCUT2D eigenvalue weighted by atomic mass is 10.2. The summed E-state index contributed by atoms with van der Waals surface area (Å²) in [6.07, 6.45) is 0.0397. The minimum absolute atomic E-state index is 0.0397. The largest absolute Gasteiger partial charge is 0.486 e. The van der Waals surface area contributed by atoms with Gasteiger partial charge in [-0.05, 0) is 7.05 Å². The fourth-order valence-corrected chi connectivity index (χ4v) is 1.83. The number of hydrogen-bond acceptors (Lipinski definition) is 5. The second-order valence-corrected chi connectivity index (χ2v) is 3.76. The molecule has 0 saturated carbocycles. The van der Waals surface area contributed by atoms with E-state index in [-0.39, 0.29) is 12.9 Å². The molecule has 5 nitrogen and oxygen atoms in total. The highest BCUT2D eigenvalue weighted by Gasteiger charge is 2.25. The predicted octanol–water partition coefficient (Wildman–Crippen LogP) is 0.774.